The molecule has 1 saturated heterocycles. The molecular formula is C11H14N4O2S. The first-order valence-electron chi connectivity index (χ1n) is 5.36. The maximum Gasteiger partial charge on any atom is 0.345 e. The molecule has 1 aromatic carbocycles. The van der Waals surface area contributed by atoms with Gasteiger partial charge in [-0.15, -0.1) is 11.8 Å². The van der Waals surface area contributed by atoms with Crippen LogP contribution in [-0.4, -0.2) is 33.7 Å². The number of amides is 4. The molecule has 1 heterocycles. The molecule has 6 nitrogen and oxygen atoms in total. The lowest BCUT2D eigenvalue weighted by molar-refractivity contribution is 0.122. The Morgan fingerprint density at radius 1 is 1.33 bits per heavy atom. The molecule has 4 amide bonds. The van der Waals surface area contributed by atoms with E-state index in [1.165, 1.54) is 11.8 Å². The molecule has 0 bridgehead atoms. The van der Waals surface area contributed by atoms with Crippen molar-refractivity contribution in [1.82, 2.24) is 15.2 Å². The Morgan fingerprint density at radius 2 is 2.00 bits per heavy atom. The van der Waals surface area contributed by atoms with E-state index in [0.29, 0.717) is 0 Å². The number of carbonyl (C=O) groups excluding carboxylic acids is 2. The molecule has 0 saturated carbocycles. The van der Waals surface area contributed by atoms with Gasteiger partial charge < -0.3 is 5.32 Å². The topological polar surface area (TPSA) is 78.7 Å². The molecule has 0 aromatic heterocycles. The fraction of sp³-hybridized carbons (Fsp3) is 0.273. The standard InChI is InChI=1S/C11H14N4O2S/c1-18-10-13-9(16)14(11(17)15(10)12)7-8-5-3-2-4-6-8/h2-6,10H,7,12H2,1H3,(H,13,16). The first-order valence-corrected chi connectivity index (χ1v) is 6.65. The quantitative estimate of drug-likeness (QED) is 0.635. The van der Waals surface area contributed by atoms with Gasteiger partial charge in [0.15, 0.2) is 5.50 Å². The first-order chi connectivity index (χ1) is 8.63. The highest BCUT2D eigenvalue weighted by atomic mass is 32.2. The van der Waals surface area contributed by atoms with Crippen molar-refractivity contribution < 1.29 is 9.59 Å². The minimum atomic E-state index is -0.517. The zero-order valence-electron chi connectivity index (χ0n) is 9.87. The van der Waals surface area contributed by atoms with Crippen molar-refractivity contribution in [1.29, 1.82) is 0 Å². The zero-order chi connectivity index (χ0) is 13.1. The van der Waals surface area contributed by atoms with Crippen molar-refractivity contribution in [2.75, 3.05) is 6.26 Å². The van der Waals surface area contributed by atoms with Crippen LogP contribution < -0.4 is 11.2 Å². The van der Waals surface area contributed by atoms with Crippen LogP contribution in [-0.2, 0) is 6.54 Å². The molecule has 18 heavy (non-hydrogen) atoms. The van der Waals surface area contributed by atoms with Crippen LogP contribution in [0.5, 0.6) is 0 Å². The summed E-state index contributed by atoms with van der Waals surface area (Å²) in [7, 11) is 0. The summed E-state index contributed by atoms with van der Waals surface area (Å²) < 4.78 is 0. The van der Waals surface area contributed by atoms with Gasteiger partial charge in [0.25, 0.3) is 0 Å². The second-order valence-corrected chi connectivity index (χ2v) is 4.72. The number of hydrazine groups is 1. The Labute approximate surface area is 109 Å². The molecule has 1 aliphatic heterocycles. The largest absolute Gasteiger partial charge is 0.345 e. The van der Waals surface area contributed by atoms with E-state index in [0.717, 1.165) is 15.5 Å². The lowest BCUT2D eigenvalue weighted by Gasteiger charge is -2.37. The van der Waals surface area contributed by atoms with Crippen LogP contribution >= 0.6 is 11.8 Å². The molecular weight excluding hydrogens is 252 g/mol. The minimum Gasteiger partial charge on any atom is -0.307 e. The van der Waals surface area contributed by atoms with Crippen LogP contribution in [0.15, 0.2) is 30.3 Å². The number of nitrogens with one attached hydrogen (secondary N) is 1. The fourth-order valence-electron chi connectivity index (χ4n) is 1.66. The third kappa shape index (κ3) is 2.41. The summed E-state index contributed by atoms with van der Waals surface area (Å²) in [5, 5.41) is 3.67. The maximum atomic E-state index is 12.0. The van der Waals surface area contributed by atoms with Gasteiger partial charge in [-0.05, 0) is 11.8 Å². The molecule has 1 aliphatic rings. The Hall–Kier alpha value is -1.73. The molecule has 1 fully saturated rings. The number of rotatable bonds is 3. The third-order valence-electron chi connectivity index (χ3n) is 2.60. The number of carbonyl (C=O) groups is 2. The van der Waals surface area contributed by atoms with Gasteiger partial charge in [-0.1, -0.05) is 30.3 Å². The van der Waals surface area contributed by atoms with Gasteiger partial charge in [0.05, 0.1) is 6.54 Å². The SMILES string of the molecule is CSC1NC(=O)N(Cc2ccccc2)C(=O)N1N. The highest BCUT2D eigenvalue weighted by molar-refractivity contribution is 7.99. The molecule has 7 heteroatoms. The summed E-state index contributed by atoms with van der Waals surface area (Å²) in [5.41, 5.74) is 0.356. The lowest BCUT2D eigenvalue weighted by atomic mass is 10.2. The number of hydrogen-bond acceptors (Lipinski definition) is 4. The highest BCUT2D eigenvalue weighted by Crippen LogP contribution is 2.16. The Balaban J connectivity index is 2.14. The molecule has 1 aromatic rings. The second kappa shape index (κ2) is 5.28. The van der Waals surface area contributed by atoms with Crippen LogP contribution in [0.2, 0.25) is 0 Å². The van der Waals surface area contributed by atoms with Crippen molar-refractivity contribution in [2.24, 2.45) is 5.84 Å². The lowest BCUT2D eigenvalue weighted by Crippen LogP contribution is -2.65. The van der Waals surface area contributed by atoms with Gasteiger partial charge in [0.2, 0.25) is 0 Å². The Kier molecular flexibility index (Phi) is 3.73. The molecule has 3 N–H and O–H groups in total. The number of imide groups is 1. The van der Waals surface area contributed by atoms with Crippen molar-refractivity contribution in [3.05, 3.63) is 35.9 Å². The fourth-order valence-corrected chi connectivity index (χ4v) is 2.19. The van der Waals surface area contributed by atoms with E-state index in [-0.39, 0.29) is 6.54 Å². The van der Waals surface area contributed by atoms with Gasteiger partial charge >= 0.3 is 12.1 Å². The predicted molar refractivity (Wildman–Crippen MR) is 69.2 cm³/mol. The van der Waals surface area contributed by atoms with Gasteiger partial charge in [-0.2, -0.15) is 0 Å². The zero-order valence-corrected chi connectivity index (χ0v) is 10.7. The monoisotopic (exact) mass is 266 g/mol. The number of urea groups is 2. The van der Waals surface area contributed by atoms with E-state index in [1.807, 2.05) is 30.3 Å². The summed E-state index contributed by atoms with van der Waals surface area (Å²) in [5.74, 6) is 5.65. The van der Waals surface area contributed by atoms with Crippen molar-refractivity contribution >= 4 is 23.8 Å². The summed E-state index contributed by atoms with van der Waals surface area (Å²) in [6, 6.07) is 8.36. The first kappa shape index (κ1) is 12.7. The Morgan fingerprint density at radius 3 is 2.61 bits per heavy atom. The van der Waals surface area contributed by atoms with Crippen LogP contribution in [0.3, 0.4) is 0 Å². The summed E-state index contributed by atoms with van der Waals surface area (Å²) in [6.07, 6.45) is 1.77. The van der Waals surface area contributed by atoms with Crippen molar-refractivity contribution in [2.45, 2.75) is 12.0 Å². The van der Waals surface area contributed by atoms with E-state index in [4.69, 9.17) is 5.84 Å². The predicted octanol–water partition coefficient (Wildman–Crippen LogP) is 1.15. The number of nitrogens with two attached hydrogens (primary N) is 1. The molecule has 0 radical (unpaired) electrons. The molecule has 1 atom stereocenters. The maximum absolute atomic E-state index is 12.0. The van der Waals surface area contributed by atoms with E-state index >= 15 is 0 Å². The molecule has 2 rings (SSSR count). The van der Waals surface area contributed by atoms with E-state index in [9.17, 15) is 9.59 Å². The van der Waals surface area contributed by atoms with E-state index in [1.54, 1.807) is 6.26 Å². The van der Waals surface area contributed by atoms with Gasteiger partial charge in [-0.25, -0.2) is 25.3 Å². The van der Waals surface area contributed by atoms with Gasteiger partial charge in [-0.3, -0.25) is 0 Å². The molecule has 96 valence electrons. The number of nitrogens with zero attached hydrogens (tertiary/aromatic N) is 2. The molecule has 0 spiro atoms. The van der Waals surface area contributed by atoms with Crippen LogP contribution in [0.25, 0.3) is 0 Å². The van der Waals surface area contributed by atoms with Gasteiger partial charge in [0.1, 0.15) is 0 Å². The summed E-state index contributed by atoms with van der Waals surface area (Å²) in [4.78, 5) is 24.9. The summed E-state index contributed by atoms with van der Waals surface area (Å²) in [6.45, 7) is 0.209. The average molecular weight is 266 g/mol. The molecule has 0 aliphatic carbocycles. The smallest absolute Gasteiger partial charge is 0.307 e. The molecule has 1 unspecified atom stereocenters. The van der Waals surface area contributed by atoms with Crippen LogP contribution in [0.1, 0.15) is 5.56 Å². The van der Waals surface area contributed by atoms with Crippen LogP contribution in [0, 0.1) is 0 Å². The highest BCUT2D eigenvalue weighted by Gasteiger charge is 2.36. The van der Waals surface area contributed by atoms with Crippen molar-refractivity contribution in [3.8, 4) is 0 Å². The Bertz CT molecular complexity index is 454. The van der Waals surface area contributed by atoms with Gasteiger partial charge in [0, 0.05) is 0 Å². The normalized spacial score (nSPS) is 20.0. The third-order valence-corrected chi connectivity index (χ3v) is 3.39. The minimum absolute atomic E-state index is 0.209. The summed E-state index contributed by atoms with van der Waals surface area (Å²) >= 11 is 1.29. The van der Waals surface area contributed by atoms with Crippen LogP contribution in [0.4, 0.5) is 9.59 Å². The van der Waals surface area contributed by atoms with Crippen molar-refractivity contribution in [3.63, 3.8) is 0 Å². The number of thioether (sulfide) groups is 1. The number of benzene rings is 1. The van der Waals surface area contributed by atoms with E-state index in [2.05, 4.69) is 5.32 Å². The number of hydrogen-bond donors (Lipinski definition) is 2. The second-order valence-electron chi connectivity index (χ2n) is 3.80. The average Bonchev–Trinajstić information content (AvgIpc) is 2.40. The van der Waals surface area contributed by atoms with E-state index < -0.39 is 17.6 Å².